The third-order valence-corrected chi connectivity index (χ3v) is 3.43. The molecular formula is C13H19N3OS. The summed E-state index contributed by atoms with van der Waals surface area (Å²) in [5, 5.41) is 1.99. The van der Waals surface area contributed by atoms with E-state index in [1.54, 1.807) is 35.2 Å². The zero-order valence-corrected chi connectivity index (χ0v) is 11.9. The van der Waals surface area contributed by atoms with E-state index in [-0.39, 0.29) is 6.03 Å². The topological polar surface area (TPSA) is 49.6 Å². The number of urea groups is 1. The lowest BCUT2D eigenvalue weighted by Gasteiger charge is -2.23. The van der Waals surface area contributed by atoms with Crippen molar-refractivity contribution in [3.8, 4) is 11.8 Å². The second-order valence-corrected chi connectivity index (χ2v) is 4.96. The molecule has 0 fully saturated rings. The monoisotopic (exact) mass is 265 g/mol. The van der Waals surface area contributed by atoms with Crippen LogP contribution in [0, 0.1) is 11.8 Å². The third-order valence-electron chi connectivity index (χ3n) is 2.51. The highest BCUT2D eigenvalue weighted by Gasteiger charge is 2.13. The van der Waals surface area contributed by atoms with E-state index >= 15 is 0 Å². The molecule has 0 saturated heterocycles. The number of carbonyl (C=O) groups is 1. The van der Waals surface area contributed by atoms with Gasteiger partial charge in [-0.05, 0) is 13.0 Å². The van der Waals surface area contributed by atoms with E-state index in [9.17, 15) is 4.79 Å². The first kappa shape index (κ1) is 14.6. The smallest absolute Gasteiger partial charge is 0.319 e. The molecule has 0 saturated carbocycles. The molecule has 2 N–H and O–H groups in total. The second kappa shape index (κ2) is 7.04. The lowest BCUT2D eigenvalue weighted by molar-refractivity contribution is 0.174. The number of hydrogen-bond acceptors (Lipinski definition) is 3. The van der Waals surface area contributed by atoms with Crippen molar-refractivity contribution in [3.05, 3.63) is 21.9 Å². The van der Waals surface area contributed by atoms with Gasteiger partial charge in [0.2, 0.25) is 0 Å². The Hall–Kier alpha value is -1.51. The normalized spacial score (nSPS) is 9.56. The molecular weight excluding hydrogens is 246 g/mol. The number of rotatable bonds is 3. The summed E-state index contributed by atoms with van der Waals surface area (Å²) in [7, 11) is 3.60. The van der Waals surface area contributed by atoms with Crippen LogP contribution in [-0.4, -0.2) is 43.0 Å². The number of hydrogen-bond donors (Lipinski definition) is 1. The summed E-state index contributed by atoms with van der Waals surface area (Å²) in [6.45, 7) is 3.64. The average molecular weight is 265 g/mol. The molecule has 4 nitrogen and oxygen atoms in total. The minimum absolute atomic E-state index is 0.0282. The molecule has 0 aromatic carbocycles. The second-order valence-electron chi connectivity index (χ2n) is 3.96. The molecule has 0 radical (unpaired) electrons. The Kier molecular flexibility index (Phi) is 5.69. The molecule has 5 heteroatoms. The van der Waals surface area contributed by atoms with Gasteiger partial charge in [-0.1, -0.05) is 11.8 Å². The van der Waals surface area contributed by atoms with Gasteiger partial charge in [0, 0.05) is 36.5 Å². The molecule has 0 aliphatic rings. The highest BCUT2D eigenvalue weighted by atomic mass is 32.1. The Morgan fingerprint density at radius 2 is 2.17 bits per heavy atom. The summed E-state index contributed by atoms with van der Waals surface area (Å²) in [6.07, 6.45) is 0. The van der Waals surface area contributed by atoms with Gasteiger partial charge in [-0.2, -0.15) is 0 Å². The Morgan fingerprint density at radius 1 is 1.44 bits per heavy atom. The summed E-state index contributed by atoms with van der Waals surface area (Å²) < 4.78 is 0. The Morgan fingerprint density at radius 3 is 2.78 bits per heavy atom. The lowest BCUT2D eigenvalue weighted by atomic mass is 10.3. The van der Waals surface area contributed by atoms with Gasteiger partial charge in [0.15, 0.2) is 0 Å². The van der Waals surface area contributed by atoms with E-state index in [4.69, 9.17) is 5.73 Å². The van der Waals surface area contributed by atoms with E-state index < -0.39 is 0 Å². The van der Waals surface area contributed by atoms with Crippen LogP contribution in [0.4, 0.5) is 4.79 Å². The molecule has 0 aliphatic heterocycles. The van der Waals surface area contributed by atoms with Crippen LogP contribution in [0.15, 0.2) is 11.4 Å². The molecule has 1 aromatic heterocycles. The molecule has 2 amide bonds. The number of nitrogens with two attached hydrogens (primary N) is 1. The standard InChI is InChI=1S/C13H19N3OS/c1-4-15(2)13(17)16(3)9-12-8-11(10-18-12)6-5-7-14/h8,10H,4,7,9,14H2,1-3H3. The van der Waals surface area contributed by atoms with E-state index in [2.05, 4.69) is 11.8 Å². The predicted molar refractivity (Wildman–Crippen MR) is 75.4 cm³/mol. The SMILES string of the molecule is CCN(C)C(=O)N(C)Cc1cc(C#CCN)cs1. The fraction of sp³-hybridized carbons (Fsp3) is 0.462. The molecule has 0 atom stereocenters. The van der Waals surface area contributed by atoms with Crippen LogP contribution in [-0.2, 0) is 6.54 Å². The van der Waals surface area contributed by atoms with E-state index in [1.807, 2.05) is 18.4 Å². The number of carbonyl (C=O) groups excluding carboxylic acids is 1. The van der Waals surface area contributed by atoms with Crippen LogP contribution in [0.3, 0.4) is 0 Å². The van der Waals surface area contributed by atoms with E-state index in [0.29, 0.717) is 19.6 Å². The first-order valence-electron chi connectivity index (χ1n) is 5.81. The summed E-state index contributed by atoms with van der Waals surface area (Å²) in [5.74, 6) is 5.80. The van der Waals surface area contributed by atoms with Crippen LogP contribution in [0.2, 0.25) is 0 Å². The highest BCUT2D eigenvalue weighted by molar-refractivity contribution is 7.10. The summed E-state index contributed by atoms with van der Waals surface area (Å²) >= 11 is 1.61. The maximum Gasteiger partial charge on any atom is 0.319 e. The maximum absolute atomic E-state index is 11.9. The molecule has 98 valence electrons. The summed E-state index contributed by atoms with van der Waals surface area (Å²) in [6, 6.07) is 2.03. The minimum Gasteiger partial charge on any atom is -0.328 e. The third kappa shape index (κ3) is 4.06. The first-order valence-corrected chi connectivity index (χ1v) is 6.69. The van der Waals surface area contributed by atoms with Crippen molar-refractivity contribution in [1.82, 2.24) is 9.80 Å². The van der Waals surface area contributed by atoms with Crippen molar-refractivity contribution in [1.29, 1.82) is 0 Å². The van der Waals surface area contributed by atoms with Gasteiger partial charge in [0.25, 0.3) is 0 Å². The molecule has 1 heterocycles. The van der Waals surface area contributed by atoms with Crippen molar-refractivity contribution >= 4 is 17.4 Å². The van der Waals surface area contributed by atoms with Gasteiger partial charge >= 0.3 is 6.03 Å². The summed E-state index contributed by atoms with van der Waals surface area (Å²) in [4.78, 5) is 16.4. The van der Waals surface area contributed by atoms with Gasteiger partial charge in [-0.3, -0.25) is 0 Å². The van der Waals surface area contributed by atoms with Gasteiger partial charge < -0.3 is 15.5 Å². The van der Waals surface area contributed by atoms with Gasteiger partial charge in [0.05, 0.1) is 13.1 Å². The van der Waals surface area contributed by atoms with Crippen molar-refractivity contribution in [2.24, 2.45) is 5.73 Å². The summed E-state index contributed by atoms with van der Waals surface area (Å²) in [5.41, 5.74) is 6.29. The number of amides is 2. The molecule has 0 spiro atoms. The van der Waals surface area contributed by atoms with Crippen LogP contribution < -0.4 is 5.73 Å². The molecule has 0 unspecified atom stereocenters. The van der Waals surface area contributed by atoms with Crippen molar-refractivity contribution in [2.75, 3.05) is 27.2 Å². The maximum atomic E-state index is 11.9. The predicted octanol–water partition coefficient (Wildman–Crippen LogP) is 1.56. The van der Waals surface area contributed by atoms with Crippen LogP contribution >= 0.6 is 11.3 Å². The van der Waals surface area contributed by atoms with Crippen molar-refractivity contribution < 1.29 is 4.79 Å². The van der Waals surface area contributed by atoms with Crippen molar-refractivity contribution in [2.45, 2.75) is 13.5 Å². The first-order chi connectivity index (χ1) is 8.58. The Balaban J connectivity index is 2.62. The van der Waals surface area contributed by atoms with E-state index in [1.165, 1.54) is 0 Å². The minimum atomic E-state index is 0.0282. The van der Waals surface area contributed by atoms with E-state index in [0.717, 1.165) is 10.4 Å². The molecule has 1 aromatic rings. The van der Waals surface area contributed by atoms with Gasteiger partial charge in [0.1, 0.15) is 0 Å². The Bertz CT molecular complexity index is 458. The molecule has 0 aliphatic carbocycles. The number of nitrogens with zero attached hydrogens (tertiary/aromatic N) is 2. The molecule has 18 heavy (non-hydrogen) atoms. The zero-order valence-electron chi connectivity index (χ0n) is 11.1. The Labute approximate surface area is 112 Å². The molecule has 0 bridgehead atoms. The van der Waals surface area contributed by atoms with Crippen molar-refractivity contribution in [3.63, 3.8) is 0 Å². The zero-order chi connectivity index (χ0) is 13.5. The van der Waals surface area contributed by atoms with Gasteiger partial charge in [-0.25, -0.2) is 4.79 Å². The molecule has 1 rings (SSSR count). The quantitative estimate of drug-likeness (QED) is 0.843. The lowest BCUT2D eigenvalue weighted by Crippen LogP contribution is -2.37. The fourth-order valence-electron chi connectivity index (χ4n) is 1.41. The van der Waals surface area contributed by atoms with Crippen LogP contribution in [0.25, 0.3) is 0 Å². The van der Waals surface area contributed by atoms with Crippen LogP contribution in [0.1, 0.15) is 17.4 Å². The fourth-order valence-corrected chi connectivity index (χ4v) is 2.28. The number of thiophene rings is 1. The van der Waals surface area contributed by atoms with Crippen LogP contribution in [0.5, 0.6) is 0 Å². The largest absolute Gasteiger partial charge is 0.328 e. The average Bonchev–Trinajstić information content (AvgIpc) is 2.81. The highest BCUT2D eigenvalue weighted by Crippen LogP contribution is 2.16. The van der Waals surface area contributed by atoms with Gasteiger partial charge in [-0.15, -0.1) is 11.3 Å².